The zero-order valence-electron chi connectivity index (χ0n) is 34.3. The summed E-state index contributed by atoms with van der Waals surface area (Å²) in [5.74, 6) is -3.39. The second-order valence-electron chi connectivity index (χ2n) is 14.6. The summed E-state index contributed by atoms with van der Waals surface area (Å²) in [6.45, 7) is 3.98. The minimum atomic E-state index is -1.19. The first-order chi connectivity index (χ1) is 27.8. The fourth-order valence-electron chi connectivity index (χ4n) is 6.39. The van der Waals surface area contributed by atoms with Crippen LogP contribution in [0.15, 0.2) is 18.2 Å². The monoisotopic (exact) mass is 830 g/mol. The Morgan fingerprint density at radius 2 is 1.21 bits per heavy atom. The molecule has 0 saturated heterocycles. The molecule has 1 rings (SSSR count). The van der Waals surface area contributed by atoms with Crippen LogP contribution in [0, 0.1) is 0 Å². The van der Waals surface area contributed by atoms with Gasteiger partial charge in [0.15, 0.2) is 0 Å². The van der Waals surface area contributed by atoms with Crippen LogP contribution >= 0.6 is 0 Å². The maximum absolute atomic E-state index is 12.8. The van der Waals surface area contributed by atoms with E-state index in [0.29, 0.717) is 25.2 Å². The number of hydrogen-bond acceptors (Lipinski definition) is 15. The first kappa shape index (κ1) is 52.6. The van der Waals surface area contributed by atoms with Gasteiger partial charge in [-0.15, -0.1) is 0 Å². The maximum Gasteiger partial charge on any atom is 0.320 e. The van der Waals surface area contributed by atoms with Gasteiger partial charge in [-0.1, -0.05) is 32.8 Å². The fraction of sp³-hybridized carbons (Fsp3) is 0.769. The summed E-state index contributed by atoms with van der Waals surface area (Å²) in [7, 11) is 0. The Labute approximate surface area is 342 Å². The molecule has 1 aromatic rings. The number of rotatable bonds is 36. The van der Waals surface area contributed by atoms with Crippen molar-refractivity contribution in [3.63, 3.8) is 0 Å². The number of amides is 2. The van der Waals surface area contributed by atoms with Gasteiger partial charge < -0.3 is 62.1 Å². The Bertz CT molecular complexity index is 1300. The van der Waals surface area contributed by atoms with Crippen LogP contribution in [0.5, 0.6) is 0 Å². The molecule has 1 heterocycles. The highest BCUT2D eigenvalue weighted by Gasteiger charge is 2.31. The van der Waals surface area contributed by atoms with Gasteiger partial charge in [-0.3, -0.25) is 34.0 Å². The molecule has 0 saturated carbocycles. The van der Waals surface area contributed by atoms with Gasteiger partial charge in [-0.25, -0.2) is 0 Å². The fourth-order valence-corrected chi connectivity index (χ4v) is 6.39. The quantitative estimate of drug-likeness (QED) is 0.0327. The van der Waals surface area contributed by atoms with Crippen LogP contribution in [0.4, 0.5) is 0 Å². The zero-order chi connectivity index (χ0) is 43.3. The molecule has 19 heteroatoms. The van der Waals surface area contributed by atoms with E-state index in [1.165, 1.54) is 0 Å². The molecule has 0 radical (unpaired) electrons. The lowest BCUT2D eigenvalue weighted by molar-refractivity contribution is -0.146. The lowest BCUT2D eigenvalue weighted by Gasteiger charge is -2.34. The molecule has 334 valence electrons. The van der Waals surface area contributed by atoms with Crippen molar-refractivity contribution in [1.82, 2.24) is 36.1 Å². The van der Waals surface area contributed by atoms with Gasteiger partial charge in [0.1, 0.15) is 12.1 Å². The molecular weight excluding hydrogens is 758 g/mol. The Balaban J connectivity index is 3.35. The van der Waals surface area contributed by atoms with Crippen molar-refractivity contribution in [3.8, 4) is 0 Å². The normalized spacial score (nSPS) is 14.8. The Morgan fingerprint density at radius 3 is 1.74 bits per heavy atom. The van der Waals surface area contributed by atoms with E-state index in [1.807, 2.05) is 19.1 Å². The summed E-state index contributed by atoms with van der Waals surface area (Å²) in [5, 5.41) is 88.6. The molecule has 0 aromatic carbocycles. The number of pyridine rings is 1. The van der Waals surface area contributed by atoms with Crippen LogP contribution in [0.25, 0.3) is 0 Å². The lowest BCUT2D eigenvalue weighted by atomic mass is 10.1. The summed E-state index contributed by atoms with van der Waals surface area (Å²) in [6, 6.07) is 3.27. The third-order valence-corrected chi connectivity index (χ3v) is 9.61. The maximum atomic E-state index is 12.8. The SMILES string of the molecule is CCCc1cccc(CN(CCN(CCNC(CCC)CCCNCC(O)CO)C(CCC(=O)NCC(O)CO)C(=O)O)C(CCC(=O)NCC(O)CO)C(=O)O)n1. The standard InChI is InChI=1S/C39H71N7O12/c1-3-7-28(11-6-16-40-21-31(50)25-47)41-17-18-45(34(38(55)56)12-14-36(53)42-22-32(51)26-48)19-20-46(24-30-10-5-9-29(44-30)8-4-2)35(39(57)58)13-15-37(54)43-23-33(52)27-49/h5,9-10,28,31-35,40-41,47-52H,3-4,6-8,11-27H2,1-2H3,(H,42,53)(H,43,54)(H,55,56)(H,57,58). The van der Waals surface area contributed by atoms with Gasteiger partial charge in [0.2, 0.25) is 11.8 Å². The van der Waals surface area contributed by atoms with E-state index < -0.39 is 67.4 Å². The molecule has 0 spiro atoms. The third-order valence-electron chi connectivity index (χ3n) is 9.61. The van der Waals surface area contributed by atoms with Gasteiger partial charge in [0.25, 0.3) is 0 Å². The number of aliphatic hydroxyl groups is 6. The van der Waals surface area contributed by atoms with E-state index in [2.05, 4.69) is 28.2 Å². The number of aliphatic hydroxyl groups excluding tert-OH is 6. The van der Waals surface area contributed by atoms with Crippen molar-refractivity contribution < 1.29 is 60.0 Å². The summed E-state index contributed by atoms with van der Waals surface area (Å²) in [6.07, 6.45) is 1.15. The minimum absolute atomic E-state index is 0.0594. The molecule has 0 aliphatic rings. The number of carbonyl (C=O) groups excluding carboxylic acids is 2. The number of aryl methyl sites for hydroxylation is 1. The Morgan fingerprint density at radius 1 is 0.672 bits per heavy atom. The average Bonchev–Trinajstić information content (AvgIpc) is 3.20. The number of hydrogen-bond donors (Lipinski definition) is 12. The van der Waals surface area contributed by atoms with E-state index in [0.717, 1.165) is 37.8 Å². The number of nitrogens with zero attached hydrogens (tertiary/aromatic N) is 3. The van der Waals surface area contributed by atoms with Crippen molar-refractivity contribution in [2.75, 3.05) is 72.2 Å². The lowest BCUT2D eigenvalue weighted by Crippen LogP contribution is -2.51. The zero-order valence-corrected chi connectivity index (χ0v) is 34.3. The highest BCUT2D eigenvalue weighted by molar-refractivity contribution is 5.79. The van der Waals surface area contributed by atoms with E-state index in [9.17, 15) is 44.7 Å². The highest BCUT2D eigenvalue weighted by Crippen LogP contribution is 2.16. The van der Waals surface area contributed by atoms with Crippen LogP contribution in [0.3, 0.4) is 0 Å². The van der Waals surface area contributed by atoms with Crippen molar-refractivity contribution in [1.29, 1.82) is 0 Å². The first-order valence-corrected chi connectivity index (χ1v) is 20.5. The predicted molar refractivity (Wildman–Crippen MR) is 216 cm³/mol. The van der Waals surface area contributed by atoms with Crippen molar-refractivity contribution >= 4 is 23.8 Å². The number of aliphatic carboxylic acids is 2. The van der Waals surface area contributed by atoms with Crippen LogP contribution < -0.4 is 21.3 Å². The van der Waals surface area contributed by atoms with Crippen molar-refractivity contribution in [2.45, 2.75) is 121 Å². The predicted octanol–water partition coefficient (Wildman–Crippen LogP) is -1.97. The smallest absolute Gasteiger partial charge is 0.320 e. The van der Waals surface area contributed by atoms with Crippen LogP contribution in [-0.2, 0) is 32.1 Å². The van der Waals surface area contributed by atoms with Crippen molar-refractivity contribution in [2.24, 2.45) is 0 Å². The molecular formula is C39H71N7O12. The first-order valence-electron chi connectivity index (χ1n) is 20.5. The second kappa shape index (κ2) is 31.5. The van der Waals surface area contributed by atoms with E-state index in [4.69, 9.17) is 20.3 Å². The van der Waals surface area contributed by atoms with Gasteiger partial charge in [0, 0.05) is 76.9 Å². The van der Waals surface area contributed by atoms with Crippen LogP contribution in [0.2, 0.25) is 0 Å². The van der Waals surface area contributed by atoms with Gasteiger partial charge in [-0.05, 0) is 57.2 Å². The average molecular weight is 830 g/mol. The molecule has 6 atom stereocenters. The van der Waals surface area contributed by atoms with Gasteiger partial charge >= 0.3 is 11.9 Å². The van der Waals surface area contributed by atoms with Crippen LogP contribution in [0.1, 0.15) is 83.0 Å². The summed E-state index contributed by atoms with van der Waals surface area (Å²) < 4.78 is 0. The third kappa shape index (κ3) is 23.3. The molecule has 19 nitrogen and oxygen atoms in total. The molecule has 12 N–H and O–H groups in total. The number of carboxylic acids is 2. The van der Waals surface area contributed by atoms with E-state index in [-0.39, 0.29) is 84.1 Å². The summed E-state index contributed by atoms with van der Waals surface area (Å²) in [4.78, 5) is 58.9. The molecule has 0 fully saturated rings. The molecule has 1 aromatic heterocycles. The summed E-state index contributed by atoms with van der Waals surface area (Å²) >= 11 is 0. The van der Waals surface area contributed by atoms with Gasteiger partial charge in [0.05, 0.1) is 43.8 Å². The van der Waals surface area contributed by atoms with Crippen LogP contribution in [-0.4, -0.2) is 188 Å². The molecule has 0 aliphatic carbocycles. The topological polar surface area (TPSA) is 298 Å². The number of nitrogens with one attached hydrogen (secondary N) is 4. The largest absolute Gasteiger partial charge is 0.480 e. The number of carbonyl (C=O) groups is 4. The van der Waals surface area contributed by atoms with Gasteiger partial charge in [-0.2, -0.15) is 0 Å². The second-order valence-corrected chi connectivity index (χ2v) is 14.6. The molecule has 2 amide bonds. The summed E-state index contributed by atoms with van der Waals surface area (Å²) in [5.41, 5.74) is 1.43. The number of carboxylic acid groups (broad SMARTS) is 2. The minimum Gasteiger partial charge on any atom is -0.480 e. The Hall–Kier alpha value is -3.37. The number of aromatic nitrogens is 1. The van der Waals surface area contributed by atoms with Crippen molar-refractivity contribution in [3.05, 3.63) is 29.6 Å². The molecule has 6 unspecified atom stereocenters. The molecule has 0 aliphatic heterocycles. The van der Waals surface area contributed by atoms with E-state index >= 15 is 0 Å². The molecule has 58 heavy (non-hydrogen) atoms. The highest BCUT2D eigenvalue weighted by atomic mass is 16.4. The Kier molecular flexibility index (Phi) is 28.6. The van der Waals surface area contributed by atoms with E-state index in [1.54, 1.807) is 15.9 Å². The molecule has 0 bridgehead atoms.